The molecule has 152 valence electrons. The fourth-order valence-corrected chi connectivity index (χ4v) is 5.26. The summed E-state index contributed by atoms with van der Waals surface area (Å²) >= 11 is 1.40. The lowest BCUT2D eigenvalue weighted by atomic mass is 9.80. The van der Waals surface area contributed by atoms with E-state index in [0.29, 0.717) is 4.47 Å². The van der Waals surface area contributed by atoms with Crippen molar-refractivity contribution in [2.75, 3.05) is 13.7 Å². The Labute approximate surface area is 165 Å². The lowest BCUT2D eigenvalue weighted by Gasteiger charge is -2.46. The maximum Gasteiger partial charge on any atom is 0.411 e. The zero-order chi connectivity index (χ0) is 20.8. The predicted molar refractivity (Wildman–Crippen MR) is 93.6 cm³/mol. The van der Waals surface area contributed by atoms with E-state index in [-0.39, 0.29) is 11.1 Å². The van der Waals surface area contributed by atoms with Crippen LogP contribution in [-0.2, 0) is 35.9 Å². The lowest BCUT2D eigenvalue weighted by Crippen LogP contribution is -2.63. The number of hydrogen-bond acceptors (Lipinski definition) is 5. The number of carbonyl (C=O) groups is 1. The number of hydrogen-bond donors (Lipinski definition) is 1. The summed E-state index contributed by atoms with van der Waals surface area (Å²) in [6, 6.07) is 2.51. The topological polar surface area (TPSA) is 70.6 Å². The van der Waals surface area contributed by atoms with Crippen molar-refractivity contribution < 1.29 is 36.4 Å². The molecule has 11 heteroatoms. The number of ether oxygens (including phenoxy) is 2. The molecular formula is C16H18BrF4NO4S. The van der Waals surface area contributed by atoms with Gasteiger partial charge >= 0.3 is 12.1 Å². The van der Waals surface area contributed by atoms with Crippen LogP contribution in [-0.4, -0.2) is 36.5 Å². The first-order valence-electron chi connectivity index (χ1n) is 7.70. The summed E-state index contributed by atoms with van der Waals surface area (Å²) in [6.07, 6.45) is -6.62. The maximum atomic E-state index is 14.8. The molecule has 0 aliphatic carbocycles. The van der Waals surface area contributed by atoms with Crippen molar-refractivity contribution in [2.24, 2.45) is 0 Å². The minimum atomic E-state index is -4.73. The van der Waals surface area contributed by atoms with E-state index in [2.05, 4.69) is 25.4 Å². The average Bonchev–Trinajstić information content (AvgIpc) is 2.53. The van der Waals surface area contributed by atoms with Crippen LogP contribution in [0.5, 0.6) is 0 Å². The van der Waals surface area contributed by atoms with Gasteiger partial charge in [0.05, 0.1) is 7.11 Å². The molecule has 1 aromatic carbocycles. The van der Waals surface area contributed by atoms with Crippen LogP contribution in [0.3, 0.4) is 0 Å². The number of rotatable bonds is 4. The minimum Gasteiger partial charge on any atom is -0.597 e. The van der Waals surface area contributed by atoms with Gasteiger partial charge in [0.25, 0.3) is 0 Å². The monoisotopic (exact) mass is 475 g/mol. The van der Waals surface area contributed by atoms with Gasteiger partial charge in [0.2, 0.25) is 0 Å². The van der Waals surface area contributed by atoms with Gasteiger partial charge in [0.15, 0.2) is 10.9 Å². The zero-order valence-corrected chi connectivity index (χ0v) is 17.3. The van der Waals surface area contributed by atoms with E-state index in [1.165, 1.54) is 13.0 Å². The van der Waals surface area contributed by atoms with E-state index >= 15 is 0 Å². The van der Waals surface area contributed by atoms with E-state index in [0.717, 1.165) is 13.2 Å². The highest BCUT2D eigenvalue weighted by Gasteiger charge is 2.58. The molecule has 0 radical (unpaired) electrons. The van der Waals surface area contributed by atoms with Crippen molar-refractivity contribution in [1.29, 1.82) is 0 Å². The minimum absolute atomic E-state index is 0.112. The molecule has 27 heavy (non-hydrogen) atoms. The first-order valence-corrected chi connectivity index (χ1v) is 9.65. The molecule has 2 rings (SSSR count). The zero-order valence-electron chi connectivity index (χ0n) is 14.9. The summed E-state index contributed by atoms with van der Waals surface area (Å²) in [7, 11) is 0.970. The molecular weight excluding hydrogens is 458 g/mol. The Hall–Kier alpha value is -0.880. The van der Waals surface area contributed by atoms with Crippen LogP contribution in [0.2, 0.25) is 0 Å². The molecule has 0 spiro atoms. The number of alkyl halides is 3. The molecule has 1 aromatic rings. The number of fused-ring (bicyclic) bond motifs is 1. The lowest BCUT2D eigenvalue weighted by molar-refractivity contribution is -0.201. The van der Waals surface area contributed by atoms with Crippen molar-refractivity contribution in [1.82, 2.24) is 4.72 Å². The van der Waals surface area contributed by atoms with Gasteiger partial charge < -0.3 is 14.0 Å². The molecule has 1 N–H and O–H groups in total. The first kappa shape index (κ1) is 22.4. The number of esters is 1. The van der Waals surface area contributed by atoms with E-state index in [1.807, 2.05) is 0 Å². The van der Waals surface area contributed by atoms with Gasteiger partial charge in [-0.15, -0.1) is 4.72 Å². The van der Waals surface area contributed by atoms with Crippen molar-refractivity contribution in [2.45, 2.75) is 43.3 Å². The van der Waals surface area contributed by atoms with E-state index in [1.54, 1.807) is 13.8 Å². The van der Waals surface area contributed by atoms with Crippen LogP contribution >= 0.6 is 15.9 Å². The second-order valence-corrected chi connectivity index (χ2v) is 9.31. The van der Waals surface area contributed by atoms with E-state index in [4.69, 9.17) is 4.74 Å². The summed E-state index contributed by atoms with van der Waals surface area (Å²) in [5.74, 6) is -1.94. The molecule has 5 nitrogen and oxygen atoms in total. The van der Waals surface area contributed by atoms with Crippen LogP contribution in [0.4, 0.5) is 17.6 Å². The van der Waals surface area contributed by atoms with Gasteiger partial charge in [0.1, 0.15) is 18.0 Å². The van der Waals surface area contributed by atoms with Gasteiger partial charge in [-0.1, -0.05) is 15.9 Å². The van der Waals surface area contributed by atoms with Gasteiger partial charge in [0, 0.05) is 27.0 Å². The Bertz CT molecular complexity index is 746. The summed E-state index contributed by atoms with van der Waals surface area (Å²) in [6.45, 7) is 2.67. The number of nitrogens with one attached hydrogen (secondary N) is 1. The number of halogens is 5. The Morgan fingerprint density at radius 1 is 1.33 bits per heavy atom. The highest BCUT2D eigenvalue weighted by atomic mass is 79.9. The highest BCUT2D eigenvalue weighted by Crippen LogP contribution is 2.48. The number of methoxy groups -OCH3 is 1. The third-order valence-electron chi connectivity index (χ3n) is 4.35. The molecule has 1 aliphatic heterocycles. The second kappa shape index (κ2) is 7.51. The largest absolute Gasteiger partial charge is 0.597 e. The Morgan fingerprint density at radius 2 is 1.93 bits per heavy atom. The Morgan fingerprint density at radius 3 is 2.44 bits per heavy atom. The summed E-state index contributed by atoms with van der Waals surface area (Å²) in [4.78, 5) is 12.2. The molecule has 1 aliphatic rings. The Kier molecular flexibility index (Phi) is 6.23. The normalized spacial score (nSPS) is 25.6. The molecule has 1 heterocycles. The van der Waals surface area contributed by atoms with Crippen molar-refractivity contribution in [3.05, 3.63) is 33.5 Å². The van der Waals surface area contributed by atoms with Crippen LogP contribution in [0, 0.1) is 5.82 Å². The van der Waals surface area contributed by atoms with Crippen LogP contribution < -0.4 is 4.72 Å². The molecule has 0 saturated heterocycles. The molecule has 3 atom stereocenters. The summed E-state index contributed by atoms with van der Waals surface area (Å²) in [5, 5.41) is 0. The van der Waals surface area contributed by atoms with Gasteiger partial charge in [-0.25, -0.2) is 9.18 Å². The Balaban J connectivity index is 2.69. The molecule has 0 bridgehead atoms. The van der Waals surface area contributed by atoms with Crippen molar-refractivity contribution in [3.63, 3.8) is 0 Å². The first-order chi connectivity index (χ1) is 12.3. The second-order valence-electron chi connectivity index (χ2n) is 6.69. The molecule has 0 saturated carbocycles. The SMILES string of the molecule is COC(=O)C(OCC(F)(F)F)[C@]1(C)N[S@+]([O-])C(C)(C)c2c(Br)ccc(F)c21. The molecule has 0 aromatic heterocycles. The summed E-state index contributed by atoms with van der Waals surface area (Å²) < 4.78 is 76.9. The fourth-order valence-electron chi connectivity index (χ4n) is 3.05. The third kappa shape index (κ3) is 4.12. The summed E-state index contributed by atoms with van der Waals surface area (Å²) in [5.41, 5.74) is -1.72. The van der Waals surface area contributed by atoms with Crippen LogP contribution in [0.15, 0.2) is 16.6 Å². The van der Waals surface area contributed by atoms with Crippen molar-refractivity contribution >= 4 is 33.3 Å². The smallest absolute Gasteiger partial charge is 0.411 e. The quantitative estimate of drug-likeness (QED) is 0.410. The van der Waals surface area contributed by atoms with Crippen LogP contribution in [0.25, 0.3) is 0 Å². The molecule has 0 fully saturated rings. The van der Waals surface area contributed by atoms with Gasteiger partial charge in [-0.05, 0) is 32.9 Å². The van der Waals surface area contributed by atoms with E-state index < -0.39 is 52.3 Å². The standard InChI is InChI=1S/C16H18BrF4NO4S/c1-14(2)10-8(17)5-6-9(18)11(10)15(3,22-27(14)24)12(13(23)25-4)26-7-16(19,20)21/h5-6,12,22H,7H2,1-4H3/t12?,15-,27-/m1/s1. The van der Waals surface area contributed by atoms with Gasteiger partial charge in [-0.3, -0.25) is 0 Å². The molecule has 1 unspecified atom stereocenters. The van der Waals surface area contributed by atoms with Gasteiger partial charge in [-0.2, -0.15) is 13.2 Å². The maximum absolute atomic E-state index is 14.8. The van der Waals surface area contributed by atoms with Crippen molar-refractivity contribution in [3.8, 4) is 0 Å². The number of carbonyl (C=O) groups excluding carboxylic acids is 1. The molecule has 0 amide bonds. The highest BCUT2D eigenvalue weighted by molar-refractivity contribution is 9.10. The van der Waals surface area contributed by atoms with Crippen LogP contribution in [0.1, 0.15) is 31.9 Å². The predicted octanol–water partition coefficient (Wildman–Crippen LogP) is 3.43. The third-order valence-corrected chi connectivity index (χ3v) is 6.75. The average molecular weight is 476 g/mol. The number of benzene rings is 1. The fraction of sp³-hybridized carbons (Fsp3) is 0.562. The van der Waals surface area contributed by atoms with E-state index in [9.17, 15) is 26.9 Å².